The molecule has 4 heterocycles. The number of amides is 1. The maximum atomic E-state index is 12.9. The first kappa shape index (κ1) is 20.5. The third-order valence-corrected chi connectivity index (χ3v) is 6.17. The highest BCUT2D eigenvalue weighted by atomic mass is 32.1. The molecule has 0 bridgehead atoms. The van der Waals surface area contributed by atoms with E-state index in [1.54, 1.807) is 24.0 Å². The van der Waals surface area contributed by atoms with Crippen LogP contribution >= 0.6 is 11.3 Å². The monoisotopic (exact) mass is 449 g/mol. The molecule has 32 heavy (non-hydrogen) atoms. The molecule has 1 amide bonds. The van der Waals surface area contributed by atoms with E-state index in [4.69, 9.17) is 9.84 Å². The van der Waals surface area contributed by atoms with E-state index >= 15 is 0 Å². The molecule has 5 rings (SSSR count). The Morgan fingerprint density at radius 1 is 1.34 bits per heavy atom. The molecule has 0 saturated heterocycles. The molecule has 2 N–H and O–H groups in total. The summed E-state index contributed by atoms with van der Waals surface area (Å²) < 4.78 is 7.79. The number of H-pyrrole nitrogens is 1. The van der Waals surface area contributed by atoms with E-state index in [9.17, 15) is 4.79 Å². The van der Waals surface area contributed by atoms with E-state index in [-0.39, 0.29) is 24.2 Å². The highest BCUT2D eigenvalue weighted by Crippen LogP contribution is 2.37. The van der Waals surface area contributed by atoms with Crippen LogP contribution in [0.1, 0.15) is 43.2 Å². The van der Waals surface area contributed by atoms with Gasteiger partial charge in [0.15, 0.2) is 0 Å². The quantitative estimate of drug-likeness (QED) is 0.438. The minimum Gasteiger partial charge on any atom is -0.375 e. The Balaban J connectivity index is 1.38. The van der Waals surface area contributed by atoms with Crippen molar-refractivity contribution in [3.05, 3.63) is 54.1 Å². The number of aromatic nitrogens is 6. The summed E-state index contributed by atoms with van der Waals surface area (Å²) in [5.74, 6) is -0.289. The number of anilines is 1. The van der Waals surface area contributed by atoms with Gasteiger partial charge in [-0.15, -0.1) is 11.3 Å². The van der Waals surface area contributed by atoms with Gasteiger partial charge >= 0.3 is 0 Å². The van der Waals surface area contributed by atoms with Crippen LogP contribution in [0.25, 0.3) is 22.0 Å². The van der Waals surface area contributed by atoms with Gasteiger partial charge in [-0.05, 0) is 38.8 Å². The minimum absolute atomic E-state index is 0.211. The molecule has 4 aromatic heterocycles. The predicted molar refractivity (Wildman–Crippen MR) is 121 cm³/mol. The van der Waals surface area contributed by atoms with Crippen molar-refractivity contribution in [3.63, 3.8) is 0 Å². The van der Waals surface area contributed by atoms with E-state index in [0.717, 1.165) is 23.4 Å². The van der Waals surface area contributed by atoms with Gasteiger partial charge in [0, 0.05) is 29.5 Å². The van der Waals surface area contributed by atoms with Crippen molar-refractivity contribution in [2.24, 2.45) is 0 Å². The van der Waals surface area contributed by atoms with Crippen molar-refractivity contribution in [2.75, 3.05) is 5.32 Å². The van der Waals surface area contributed by atoms with E-state index in [1.807, 2.05) is 42.9 Å². The van der Waals surface area contributed by atoms with Gasteiger partial charge in [-0.25, -0.2) is 4.98 Å². The van der Waals surface area contributed by atoms with Crippen LogP contribution in [0.3, 0.4) is 0 Å². The van der Waals surface area contributed by atoms with Gasteiger partial charge in [0.1, 0.15) is 16.4 Å². The standard InChI is InChI=1S/C22H23N7O2S/c1-13(2)31-16-7-15(8-16)29-11-18(20(28-29)17-5-3-4-6-23-17)26-21(30)19-12-32-22(27-19)14-9-24-25-10-14/h3-6,9-13,15-16H,7-8H2,1-2H3,(H,24,25)(H,26,30). The average Bonchev–Trinajstić information content (AvgIpc) is 3.51. The van der Waals surface area contributed by atoms with Crippen molar-refractivity contribution >= 4 is 22.9 Å². The predicted octanol–water partition coefficient (Wildman–Crippen LogP) is 4.17. The van der Waals surface area contributed by atoms with Crippen molar-refractivity contribution in [1.82, 2.24) is 29.9 Å². The molecule has 164 valence electrons. The largest absolute Gasteiger partial charge is 0.375 e. The number of aromatic amines is 1. The SMILES string of the molecule is CC(C)OC1CC(n2cc(NC(=O)c3csc(-c4cn[nH]c4)n3)c(-c3ccccn3)n2)C1. The normalized spacial score (nSPS) is 18.0. The molecule has 0 aromatic carbocycles. The first-order valence-corrected chi connectivity index (χ1v) is 11.4. The number of nitrogens with one attached hydrogen (secondary N) is 2. The van der Waals surface area contributed by atoms with Crippen LogP contribution in [-0.2, 0) is 4.74 Å². The Kier molecular flexibility index (Phi) is 5.54. The van der Waals surface area contributed by atoms with Gasteiger partial charge in [0.05, 0.1) is 35.8 Å². The van der Waals surface area contributed by atoms with Crippen LogP contribution in [0.15, 0.2) is 48.4 Å². The number of nitrogens with zero attached hydrogens (tertiary/aromatic N) is 5. The third-order valence-electron chi connectivity index (χ3n) is 5.28. The third kappa shape index (κ3) is 4.19. The number of rotatable bonds is 7. The molecule has 9 nitrogen and oxygen atoms in total. The summed E-state index contributed by atoms with van der Waals surface area (Å²) in [5, 5.41) is 16.9. The highest BCUT2D eigenvalue weighted by molar-refractivity contribution is 7.13. The Morgan fingerprint density at radius 3 is 2.94 bits per heavy atom. The van der Waals surface area contributed by atoms with E-state index in [1.165, 1.54) is 11.3 Å². The van der Waals surface area contributed by atoms with Crippen molar-refractivity contribution in [1.29, 1.82) is 0 Å². The molecule has 10 heteroatoms. The molecule has 1 aliphatic rings. The maximum absolute atomic E-state index is 12.9. The molecule has 1 aliphatic carbocycles. The number of hydrogen-bond donors (Lipinski definition) is 2. The summed E-state index contributed by atoms with van der Waals surface area (Å²) in [4.78, 5) is 21.8. The lowest BCUT2D eigenvalue weighted by Gasteiger charge is -2.36. The number of thiazole rings is 1. The second kappa shape index (κ2) is 8.64. The molecular weight excluding hydrogens is 426 g/mol. The summed E-state index contributed by atoms with van der Waals surface area (Å²) in [6.07, 6.45) is 9.27. The Labute approximate surface area is 188 Å². The summed E-state index contributed by atoms with van der Waals surface area (Å²) in [5.41, 5.74) is 3.14. The van der Waals surface area contributed by atoms with Gasteiger partial charge in [-0.3, -0.25) is 19.6 Å². The lowest BCUT2D eigenvalue weighted by atomic mass is 9.89. The first-order chi connectivity index (χ1) is 15.6. The van der Waals surface area contributed by atoms with Gasteiger partial charge < -0.3 is 10.1 Å². The number of pyridine rings is 1. The topological polar surface area (TPSA) is 111 Å². The van der Waals surface area contributed by atoms with Gasteiger partial charge in [-0.1, -0.05) is 6.07 Å². The number of hydrogen-bond acceptors (Lipinski definition) is 7. The van der Waals surface area contributed by atoms with E-state index < -0.39 is 0 Å². The van der Waals surface area contributed by atoms with E-state index in [0.29, 0.717) is 22.8 Å². The molecular formula is C22H23N7O2S. The van der Waals surface area contributed by atoms with Crippen LogP contribution < -0.4 is 5.32 Å². The zero-order valence-corrected chi connectivity index (χ0v) is 18.5. The Hall–Kier alpha value is -3.37. The summed E-state index contributed by atoms with van der Waals surface area (Å²) >= 11 is 1.40. The van der Waals surface area contributed by atoms with Crippen LogP contribution in [0.4, 0.5) is 5.69 Å². The number of carbonyl (C=O) groups excluding carboxylic acids is 1. The molecule has 4 aromatic rings. The number of carbonyl (C=O) groups is 1. The lowest BCUT2D eigenvalue weighted by Crippen LogP contribution is -2.35. The second-order valence-corrected chi connectivity index (χ2v) is 8.86. The van der Waals surface area contributed by atoms with E-state index in [2.05, 4.69) is 25.5 Å². The van der Waals surface area contributed by atoms with Gasteiger partial charge in [-0.2, -0.15) is 10.2 Å². The zero-order chi connectivity index (χ0) is 22.1. The first-order valence-electron chi connectivity index (χ1n) is 10.5. The number of ether oxygens (including phenoxy) is 1. The highest BCUT2D eigenvalue weighted by Gasteiger charge is 2.33. The van der Waals surface area contributed by atoms with Crippen molar-refractivity contribution in [3.8, 4) is 22.0 Å². The Bertz CT molecular complexity index is 1190. The fraction of sp³-hybridized carbons (Fsp3) is 0.318. The van der Waals surface area contributed by atoms with Gasteiger partial charge in [0.2, 0.25) is 0 Å². The van der Waals surface area contributed by atoms with Crippen molar-refractivity contribution in [2.45, 2.75) is 44.9 Å². The molecule has 0 aliphatic heterocycles. The van der Waals surface area contributed by atoms with Crippen LogP contribution in [-0.4, -0.2) is 48.1 Å². The van der Waals surface area contributed by atoms with Gasteiger partial charge in [0.25, 0.3) is 5.91 Å². The maximum Gasteiger partial charge on any atom is 0.275 e. The fourth-order valence-electron chi connectivity index (χ4n) is 3.68. The molecule has 0 radical (unpaired) electrons. The van der Waals surface area contributed by atoms with Crippen molar-refractivity contribution < 1.29 is 9.53 Å². The fourth-order valence-corrected chi connectivity index (χ4v) is 4.46. The molecule has 0 spiro atoms. The molecule has 0 atom stereocenters. The minimum atomic E-state index is -0.289. The second-order valence-electron chi connectivity index (χ2n) is 8.00. The van der Waals surface area contributed by atoms with Crippen LogP contribution in [0.2, 0.25) is 0 Å². The summed E-state index contributed by atoms with van der Waals surface area (Å²) in [6, 6.07) is 5.87. The average molecular weight is 450 g/mol. The molecule has 1 fully saturated rings. The molecule has 0 unspecified atom stereocenters. The summed E-state index contributed by atoms with van der Waals surface area (Å²) in [6.45, 7) is 4.09. The zero-order valence-electron chi connectivity index (χ0n) is 17.7. The smallest absolute Gasteiger partial charge is 0.275 e. The summed E-state index contributed by atoms with van der Waals surface area (Å²) in [7, 11) is 0. The lowest BCUT2D eigenvalue weighted by molar-refractivity contribution is -0.0599. The molecule has 1 saturated carbocycles. The Morgan fingerprint density at radius 2 is 2.22 bits per heavy atom. The van der Waals surface area contributed by atoms with Crippen LogP contribution in [0.5, 0.6) is 0 Å². The van der Waals surface area contributed by atoms with Crippen LogP contribution in [0, 0.1) is 0 Å².